The fraction of sp³-hybridized carbons (Fsp3) is 0.500. The van der Waals surface area contributed by atoms with Crippen molar-refractivity contribution in [3.8, 4) is 0 Å². The minimum absolute atomic E-state index is 0.612. The first-order valence-electron chi connectivity index (χ1n) is 2.69. The molecule has 0 bridgehead atoms. The highest BCUT2D eigenvalue weighted by atomic mass is 14.8. The van der Waals surface area contributed by atoms with Gasteiger partial charge in [0.2, 0.25) is 0 Å². The highest BCUT2D eigenvalue weighted by Gasteiger charge is 1.85. The Balaban J connectivity index is 3.75. The standard InChI is InChI=1S/C6H12N2/c1-5(7)4-6(2)8-3/h4,7-8H,1-3H3/p+1. The van der Waals surface area contributed by atoms with Gasteiger partial charge >= 0.3 is 0 Å². The first-order valence-corrected chi connectivity index (χ1v) is 2.69. The molecule has 0 amide bonds. The van der Waals surface area contributed by atoms with E-state index in [0.29, 0.717) is 5.71 Å². The third-order valence-electron chi connectivity index (χ3n) is 0.900. The molecule has 3 N–H and O–H groups in total. The van der Waals surface area contributed by atoms with Crippen molar-refractivity contribution in [1.82, 2.24) is 0 Å². The molecule has 0 spiro atoms. The fourth-order valence-corrected chi connectivity index (χ4v) is 0.425. The molecule has 0 rings (SSSR count). The molecule has 0 radical (unpaired) electrons. The molecular formula is C6H13N2+. The van der Waals surface area contributed by atoms with Crippen molar-refractivity contribution in [3.05, 3.63) is 11.8 Å². The first-order chi connectivity index (χ1) is 3.66. The Morgan fingerprint density at radius 2 is 2.00 bits per heavy atom. The maximum absolute atomic E-state index is 7.03. The van der Waals surface area contributed by atoms with Gasteiger partial charge < -0.3 is 10.7 Å². The first kappa shape index (κ1) is 7.37. The number of quaternary nitrogens is 1. The molecule has 0 fully saturated rings. The molecule has 46 valence electrons. The molecule has 0 saturated heterocycles. The van der Waals surface area contributed by atoms with E-state index in [1.165, 1.54) is 0 Å². The highest BCUT2D eigenvalue weighted by molar-refractivity contribution is 5.90. The van der Waals surface area contributed by atoms with Crippen LogP contribution < -0.4 is 5.32 Å². The number of nitrogens with one attached hydrogen (secondary N) is 1. The van der Waals surface area contributed by atoms with E-state index in [-0.39, 0.29) is 0 Å². The van der Waals surface area contributed by atoms with Crippen molar-refractivity contribution in [1.29, 1.82) is 5.41 Å². The van der Waals surface area contributed by atoms with E-state index in [1.807, 2.05) is 25.4 Å². The van der Waals surface area contributed by atoms with Crippen LogP contribution in [0.1, 0.15) is 13.8 Å². The molecule has 2 nitrogen and oxygen atoms in total. The predicted molar refractivity (Wildman–Crippen MR) is 35.0 cm³/mol. The highest BCUT2D eigenvalue weighted by Crippen LogP contribution is 1.77. The van der Waals surface area contributed by atoms with Gasteiger partial charge in [-0.15, -0.1) is 0 Å². The summed E-state index contributed by atoms with van der Waals surface area (Å²) in [6.45, 7) is 3.76. The normalized spacial score (nSPS) is 11.6. The van der Waals surface area contributed by atoms with Gasteiger partial charge in [-0.2, -0.15) is 0 Å². The smallest absolute Gasteiger partial charge is 0.104 e. The lowest BCUT2D eigenvalue weighted by atomic mass is 10.3. The Morgan fingerprint density at radius 3 is 2.12 bits per heavy atom. The van der Waals surface area contributed by atoms with Crippen LogP contribution >= 0.6 is 0 Å². The molecule has 0 aliphatic carbocycles. The molecule has 8 heavy (non-hydrogen) atoms. The van der Waals surface area contributed by atoms with Gasteiger partial charge in [0.05, 0.1) is 7.05 Å². The molecule has 0 unspecified atom stereocenters. The maximum Gasteiger partial charge on any atom is 0.104 e. The van der Waals surface area contributed by atoms with Crippen molar-refractivity contribution in [2.24, 2.45) is 0 Å². The maximum atomic E-state index is 7.03. The van der Waals surface area contributed by atoms with E-state index in [0.717, 1.165) is 5.70 Å². The molecule has 0 aliphatic rings. The van der Waals surface area contributed by atoms with E-state index < -0.39 is 0 Å². The summed E-state index contributed by atoms with van der Waals surface area (Å²) in [5.41, 5.74) is 1.76. The van der Waals surface area contributed by atoms with Crippen LogP contribution in [0.25, 0.3) is 0 Å². The Hall–Kier alpha value is -0.630. The SMILES string of the molecule is C[NH2+]C(C)=CC(C)=N. The number of hydrogen-bond acceptors (Lipinski definition) is 1. The van der Waals surface area contributed by atoms with Gasteiger partial charge in [-0.05, 0) is 6.92 Å². The Kier molecular flexibility index (Phi) is 3.12. The lowest BCUT2D eigenvalue weighted by Gasteiger charge is -1.89. The van der Waals surface area contributed by atoms with Gasteiger partial charge in [0, 0.05) is 18.7 Å². The molecule has 0 aromatic rings. The van der Waals surface area contributed by atoms with Gasteiger partial charge in [-0.3, -0.25) is 0 Å². The molecular weight excluding hydrogens is 100 g/mol. The van der Waals surface area contributed by atoms with Crippen molar-refractivity contribution in [2.75, 3.05) is 7.05 Å². The summed E-state index contributed by atoms with van der Waals surface area (Å²) in [4.78, 5) is 0. The minimum atomic E-state index is 0.612. The van der Waals surface area contributed by atoms with Crippen molar-refractivity contribution in [3.63, 3.8) is 0 Å². The van der Waals surface area contributed by atoms with Crippen LogP contribution in [0.2, 0.25) is 0 Å². The third kappa shape index (κ3) is 3.56. The summed E-state index contributed by atoms with van der Waals surface area (Å²) in [6.07, 6.45) is 1.83. The van der Waals surface area contributed by atoms with Crippen LogP contribution in [0.15, 0.2) is 11.8 Å². The Labute approximate surface area is 50.1 Å². The summed E-state index contributed by atoms with van der Waals surface area (Å²) < 4.78 is 0. The summed E-state index contributed by atoms with van der Waals surface area (Å²) in [6, 6.07) is 0. The van der Waals surface area contributed by atoms with Crippen LogP contribution in [0.3, 0.4) is 0 Å². The van der Waals surface area contributed by atoms with Crippen LogP contribution in [-0.2, 0) is 0 Å². The zero-order chi connectivity index (χ0) is 6.57. The van der Waals surface area contributed by atoms with Gasteiger partial charge in [0.1, 0.15) is 5.70 Å². The van der Waals surface area contributed by atoms with E-state index in [4.69, 9.17) is 5.41 Å². The molecule has 0 saturated carbocycles. The second-order valence-electron chi connectivity index (χ2n) is 1.86. The van der Waals surface area contributed by atoms with Gasteiger partial charge in [-0.1, -0.05) is 0 Å². The third-order valence-corrected chi connectivity index (χ3v) is 0.900. The van der Waals surface area contributed by atoms with Crippen molar-refractivity contribution < 1.29 is 5.32 Å². The van der Waals surface area contributed by atoms with Crippen LogP contribution in [0.4, 0.5) is 0 Å². The second kappa shape index (κ2) is 3.38. The van der Waals surface area contributed by atoms with E-state index in [2.05, 4.69) is 0 Å². The number of hydrogen-bond donors (Lipinski definition) is 2. The summed E-state index contributed by atoms with van der Waals surface area (Å²) >= 11 is 0. The Morgan fingerprint density at radius 1 is 1.50 bits per heavy atom. The molecule has 0 aromatic carbocycles. The number of nitrogens with two attached hydrogens (primary N) is 1. The average molecular weight is 113 g/mol. The number of rotatable bonds is 2. The summed E-state index contributed by atoms with van der Waals surface area (Å²) in [5, 5.41) is 9.02. The van der Waals surface area contributed by atoms with Gasteiger partial charge in [0.15, 0.2) is 0 Å². The number of allylic oxidation sites excluding steroid dienone is 2. The molecule has 0 atom stereocenters. The monoisotopic (exact) mass is 113 g/mol. The van der Waals surface area contributed by atoms with E-state index in [1.54, 1.807) is 6.92 Å². The zero-order valence-corrected chi connectivity index (χ0v) is 5.65. The minimum Gasteiger partial charge on any atom is -0.320 e. The van der Waals surface area contributed by atoms with Crippen LogP contribution in [-0.4, -0.2) is 12.8 Å². The van der Waals surface area contributed by atoms with Crippen molar-refractivity contribution in [2.45, 2.75) is 13.8 Å². The Bertz CT molecular complexity index is 114. The van der Waals surface area contributed by atoms with Crippen LogP contribution in [0, 0.1) is 5.41 Å². The fourth-order valence-electron chi connectivity index (χ4n) is 0.425. The summed E-state index contributed by atoms with van der Waals surface area (Å²) in [5.74, 6) is 0. The van der Waals surface area contributed by atoms with Gasteiger partial charge in [-0.25, -0.2) is 0 Å². The van der Waals surface area contributed by atoms with Crippen molar-refractivity contribution >= 4 is 5.71 Å². The van der Waals surface area contributed by atoms with Crippen LogP contribution in [0.5, 0.6) is 0 Å². The van der Waals surface area contributed by atoms with Gasteiger partial charge in [0.25, 0.3) is 0 Å². The van der Waals surface area contributed by atoms with E-state index in [9.17, 15) is 0 Å². The summed E-state index contributed by atoms with van der Waals surface area (Å²) in [7, 11) is 1.97. The average Bonchev–Trinajstić information content (AvgIpc) is 1.65. The van der Waals surface area contributed by atoms with E-state index >= 15 is 0 Å². The largest absolute Gasteiger partial charge is 0.320 e. The lowest BCUT2D eigenvalue weighted by molar-refractivity contribution is -0.575. The molecule has 0 aromatic heterocycles. The molecule has 0 aliphatic heterocycles. The quantitative estimate of drug-likeness (QED) is 0.478. The predicted octanol–water partition coefficient (Wildman–Crippen LogP) is 0.123. The molecule has 2 heteroatoms. The lowest BCUT2D eigenvalue weighted by Crippen LogP contribution is -2.76. The topological polar surface area (TPSA) is 40.5 Å². The second-order valence-corrected chi connectivity index (χ2v) is 1.86. The molecule has 0 heterocycles. The zero-order valence-electron chi connectivity index (χ0n) is 5.65.